The summed E-state index contributed by atoms with van der Waals surface area (Å²) in [7, 11) is 1.66. The summed E-state index contributed by atoms with van der Waals surface area (Å²) in [5.74, 6) is -1.05. The number of ether oxygens (including phenoxy) is 1. The van der Waals surface area contributed by atoms with Crippen molar-refractivity contribution in [2.24, 2.45) is 0 Å². The number of aliphatic carboxylic acids is 1. The maximum atomic E-state index is 12.1. The Labute approximate surface area is 113 Å². The molecule has 6 heteroatoms. The van der Waals surface area contributed by atoms with E-state index in [1.807, 2.05) is 6.92 Å². The van der Waals surface area contributed by atoms with Crippen molar-refractivity contribution in [3.63, 3.8) is 0 Å². The maximum Gasteiger partial charge on any atom is 0.326 e. The molecule has 19 heavy (non-hydrogen) atoms. The van der Waals surface area contributed by atoms with Gasteiger partial charge in [-0.05, 0) is 26.2 Å². The first-order valence-corrected chi connectivity index (χ1v) is 6.43. The molecule has 2 N–H and O–H groups in total. The Kier molecular flexibility index (Phi) is 5.82. The van der Waals surface area contributed by atoms with E-state index in [0.29, 0.717) is 6.54 Å². The zero-order chi connectivity index (χ0) is 14.4. The molecule has 0 aromatic rings. The normalized spacial score (nSPS) is 24.6. The number of methoxy groups -OCH3 is 1. The molecule has 1 heterocycles. The third kappa shape index (κ3) is 4.24. The molecule has 1 aliphatic heterocycles. The molecule has 0 bridgehead atoms. The van der Waals surface area contributed by atoms with Crippen molar-refractivity contribution in [3.8, 4) is 0 Å². The van der Waals surface area contributed by atoms with Crippen LogP contribution >= 0.6 is 0 Å². The average molecular weight is 270 g/mol. The third-order valence-electron chi connectivity index (χ3n) is 3.42. The van der Waals surface area contributed by atoms with Gasteiger partial charge in [0.15, 0.2) is 0 Å². The standard InChI is InChI=1S/C13H22N2O4/c1-4-5-11(12(16)17)14-13(18)15-7-6-10(19-3)8-9(15)2/h4,9-11H,1,5-8H2,2-3H3,(H,14,18)(H,16,17). The number of carbonyl (C=O) groups excluding carboxylic acids is 1. The van der Waals surface area contributed by atoms with E-state index in [0.717, 1.165) is 12.8 Å². The number of hydrogen-bond acceptors (Lipinski definition) is 3. The van der Waals surface area contributed by atoms with Crippen LogP contribution in [0, 0.1) is 0 Å². The van der Waals surface area contributed by atoms with Gasteiger partial charge < -0.3 is 20.1 Å². The Morgan fingerprint density at radius 2 is 2.32 bits per heavy atom. The summed E-state index contributed by atoms with van der Waals surface area (Å²) in [5, 5.41) is 11.5. The second-order valence-electron chi connectivity index (χ2n) is 4.79. The Hall–Kier alpha value is -1.56. The van der Waals surface area contributed by atoms with Gasteiger partial charge in [0.25, 0.3) is 0 Å². The number of amides is 2. The lowest BCUT2D eigenvalue weighted by atomic mass is 10.0. The predicted octanol–water partition coefficient (Wildman–Crippen LogP) is 1.22. The molecule has 6 nitrogen and oxygen atoms in total. The molecule has 0 spiro atoms. The SMILES string of the molecule is C=CCC(NC(=O)N1CCC(OC)CC1C)C(=O)O. The quantitative estimate of drug-likeness (QED) is 0.736. The van der Waals surface area contributed by atoms with Crippen molar-refractivity contribution in [1.82, 2.24) is 10.2 Å². The van der Waals surface area contributed by atoms with Crippen molar-refractivity contribution in [2.75, 3.05) is 13.7 Å². The van der Waals surface area contributed by atoms with Gasteiger partial charge in [-0.15, -0.1) is 6.58 Å². The van der Waals surface area contributed by atoms with E-state index in [4.69, 9.17) is 9.84 Å². The van der Waals surface area contributed by atoms with Crippen LogP contribution in [0.2, 0.25) is 0 Å². The van der Waals surface area contributed by atoms with Gasteiger partial charge in [0.1, 0.15) is 6.04 Å². The van der Waals surface area contributed by atoms with Crippen LogP contribution in [-0.2, 0) is 9.53 Å². The summed E-state index contributed by atoms with van der Waals surface area (Å²) < 4.78 is 5.28. The summed E-state index contributed by atoms with van der Waals surface area (Å²) >= 11 is 0. The second-order valence-corrected chi connectivity index (χ2v) is 4.79. The van der Waals surface area contributed by atoms with E-state index in [1.54, 1.807) is 12.0 Å². The molecule has 0 aromatic carbocycles. The van der Waals surface area contributed by atoms with E-state index in [-0.39, 0.29) is 24.6 Å². The molecule has 0 aromatic heterocycles. The molecule has 3 unspecified atom stereocenters. The summed E-state index contributed by atoms with van der Waals surface area (Å²) in [6.07, 6.45) is 3.41. The first-order chi connectivity index (χ1) is 8.99. The number of urea groups is 1. The van der Waals surface area contributed by atoms with Crippen molar-refractivity contribution < 1.29 is 19.4 Å². The summed E-state index contributed by atoms with van der Waals surface area (Å²) in [6, 6.07) is -1.22. The first-order valence-electron chi connectivity index (χ1n) is 6.43. The number of piperidine rings is 1. The van der Waals surface area contributed by atoms with Gasteiger partial charge in [0.05, 0.1) is 6.10 Å². The van der Waals surface area contributed by atoms with Crippen molar-refractivity contribution in [1.29, 1.82) is 0 Å². The van der Waals surface area contributed by atoms with Crippen LogP contribution in [0.5, 0.6) is 0 Å². The van der Waals surface area contributed by atoms with Crippen LogP contribution in [0.4, 0.5) is 4.79 Å². The van der Waals surface area contributed by atoms with E-state index in [1.165, 1.54) is 6.08 Å². The maximum absolute atomic E-state index is 12.1. The Morgan fingerprint density at radius 1 is 1.63 bits per heavy atom. The van der Waals surface area contributed by atoms with E-state index >= 15 is 0 Å². The minimum absolute atomic E-state index is 0.0388. The highest BCUT2D eigenvalue weighted by Gasteiger charge is 2.30. The number of hydrogen-bond donors (Lipinski definition) is 2. The highest BCUT2D eigenvalue weighted by atomic mass is 16.5. The fourth-order valence-corrected chi connectivity index (χ4v) is 2.26. The van der Waals surface area contributed by atoms with Gasteiger partial charge in [0, 0.05) is 19.7 Å². The van der Waals surface area contributed by atoms with E-state index in [9.17, 15) is 9.59 Å². The fourth-order valence-electron chi connectivity index (χ4n) is 2.26. The Balaban J connectivity index is 2.57. The lowest BCUT2D eigenvalue weighted by molar-refractivity contribution is -0.139. The molecular weight excluding hydrogens is 248 g/mol. The number of carbonyl (C=O) groups is 2. The summed E-state index contributed by atoms with van der Waals surface area (Å²) in [6.45, 7) is 6.01. The van der Waals surface area contributed by atoms with Crippen LogP contribution in [0.1, 0.15) is 26.2 Å². The summed E-state index contributed by atoms with van der Waals surface area (Å²) in [4.78, 5) is 24.7. The monoisotopic (exact) mass is 270 g/mol. The van der Waals surface area contributed by atoms with Crippen LogP contribution in [-0.4, -0.2) is 53.8 Å². The second kappa shape index (κ2) is 7.13. The minimum atomic E-state index is -1.05. The summed E-state index contributed by atoms with van der Waals surface area (Å²) in [5.41, 5.74) is 0. The largest absolute Gasteiger partial charge is 0.480 e. The number of nitrogens with zero attached hydrogens (tertiary/aromatic N) is 1. The Bertz CT molecular complexity index is 346. The fraction of sp³-hybridized carbons (Fsp3) is 0.692. The van der Waals surface area contributed by atoms with Crippen LogP contribution in [0.3, 0.4) is 0 Å². The predicted molar refractivity (Wildman–Crippen MR) is 71.0 cm³/mol. The van der Waals surface area contributed by atoms with Gasteiger partial charge in [-0.2, -0.15) is 0 Å². The molecular formula is C13H22N2O4. The zero-order valence-corrected chi connectivity index (χ0v) is 11.5. The van der Waals surface area contributed by atoms with Crippen molar-refractivity contribution in [3.05, 3.63) is 12.7 Å². The van der Waals surface area contributed by atoms with E-state index < -0.39 is 12.0 Å². The van der Waals surface area contributed by atoms with E-state index in [2.05, 4.69) is 11.9 Å². The zero-order valence-electron chi connectivity index (χ0n) is 11.5. The van der Waals surface area contributed by atoms with Crippen LogP contribution in [0.15, 0.2) is 12.7 Å². The highest BCUT2D eigenvalue weighted by Crippen LogP contribution is 2.19. The molecule has 1 saturated heterocycles. The topological polar surface area (TPSA) is 78.9 Å². The van der Waals surface area contributed by atoms with Gasteiger partial charge >= 0.3 is 12.0 Å². The number of nitrogens with one attached hydrogen (secondary N) is 1. The van der Waals surface area contributed by atoms with Gasteiger partial charge in [-0.25, -0.2) is 9.59 Å². The van der Waals surface area contributed by atoms with Crippen LogP contribution < -0.4 is 5.32 Å². The number of likely N-dealkylation sites (tertiary alicyclic amines) is 1. The van der Waals surface area contributed by atoms with Crippen LogP contribution in [0.25, 0.3) is 0 Å². The number of carboxylic acids is 1. The lowest BCUT2D eigenvalue weighted by Crippen LogP contribution is -2.54. The first kappa shape index (κ1) is 15.5. The molecule has 1 rings (SSSR count). The highest BCUT2D eigenvalue weighted by molar-refractivity contribution is 5.82. The molecule has 1 aliphatic rings. The molecule has 3 atom stereocenters. The number of carboxylic acid groups (broad SMARTS) is 1. The molecule has 0 saturated carbocycles. The van der Waals surface area contributed by atoms with Gasteiger partial charge in [-0.3, -0.25) is 0 Å². The molecule has 108 valence electrons. The molecule has 0 aliphatic carbocycles. The smallest absolute Gasteiger partial charge is 0.326 e. The molecule has 0 radical (unpaired) electrons. The lowest BCUT2D eigenvalue weighted by Gasteiger charge is -2.37. The Morgan fingerprint density at radius 3 is 2.79 bits per heavy atom. The van der Waals surface area contributed by atoms with Gasteiger partial charge in [0.2, 0.25) is 0 Å². The van der Waals surface area contributed by atoms with Crippen molar-refractivity contribution >= 4 is 12.0 Å². The number of rotatable bonds is 5. The third-order valence-corrected chi connectivity index (χ3v) is 3.42. The minimum Gasteiger partial charge on any atom is -0.480 e. The molecule has 2 amide bonds. The average Bonchev–Trinajstić information content (AvgIpc) is 2.37. The molecule has 1 fully saturated rings. The van der Waals surface area contributed by atoms with Gasteiger partial charge in [-0.1, -0.05) is 6.08 Å². The van der Waals surface area contributed by atoms with Crippen molar-refractivity contribution in [2.45, 2.75) is 44.4 Å².